The van der Waals surface area contributed by atoms with E-state index in [0.29, 0.717) is 22.2 Å². The van der Waals surface area contributed by atoms with Gasteiger partial charge >= 0.3 is 0 Å². The molecular formula is C22H27Cl2N3O4S. The summed E-state index contributed by atoms with van der Waals surface area (Å²) in [6, 6.07) is 13.0. The molecule has 1 N–H and O–H groups in total. The Kier molecular flexibility index (Phi) is 9.36. The third kappa shape index (κ3) is 7.12. The van der Waals surface area contributed by atoms with Crippen LogP contribution in [0.2, 0.25) is 10.0 Å². The second-order valence-corrected chi connectivity index (χ2v) is 10.1. The molecule has 0 aliphatic carbocycles. The summed E-state index contributed by atoms with van der Waals surface area (Å²) in [6.45, 7) is 1.95. The summed E-state index contributed by atoms with van der Waals surface area (Å²) in [5, 5.41) is 3.31. The molecule has 7 nitrogen and oxygen atoms in total. The number of amides is 2. The number of carbonyl (C=O) groups is 2. The van der Waals surface area contributed by atoms with Gasteiger partial charge in [-0.25, -0.2) is 8.42 Å². The number of halogens is 2. The highest BCUT2D eigenvalue weighted by Gasteiger charge is 2.26. The van der Waals surface area contributed by atoms with Crippen LogP contribution in [-0.2, 0) is 26.2 Å². The molecule has 32 heavy (non-hydrogen) atoms. The summed E-state index contributed by atoms with van der Waals surface area (Å²) in [4.78, 5) is 26.7. The summed E-state index contributed by atoms with van der Waals surface area (Å²) < 4.78 is 25.7. The van der Waals surface area contributed by atoms with E-state index in [1.165, 1.54) is 16.3 Å². The molecule has 2 aromatic rings. The van der Waals surface area contributed by atoms with E-state index in [9.17, 15) is 18.0 Å². The number of nitrogens with one attached hydrogen (secondary N) is 1. The molecule has 2 rings (SSSR count). The van der Waals surface area contributed by atoms with Gasteiger partial charge in [0.15, 0.2) is 0 Å². The molecule has 0 saturated carbocycles. The lowest BCUT2D eigenvalue weighted by atomic mass is 10.1. The van der Waals surface area contributed by atoms with Gasteiger partial charge in [-0.1, -0.05) is 47.5 Å². The van der Waals surface area contributed by atoms with Crippen molar-refractivity contribution in [2.75, 3.05) is 24.2 Å². The maximum absolute atomic E-state index is 13.0. The van der Waals surface area contributed by atoms with Crippen LogP contribution in [0.25, 0.3) is 0 Å². The maximum Gasteiger partial charge on any atom is 0.242 e. The van der Waals surface area contributed by atoms with E-state index in [1.807, 2.05) is 0 Å². The highest BCUT2D eigenvalue weighted by Crippen LogP contribution is 2.24. The van der Waals surface area contributed by atoms with E-state index < -0.39 is 16.1 Å². The Labute approximate surface area is 199 Å². The second-order valence-electron chi connectivity index (χ2n) is 7.33. The van der Waals surface area contributed by atoms with Crippen molar-refractivity contribution in [1.82, 2.24) is 10.2 Å². The van der Waals surface area contributed by atoms with Gasteiger partial charge in [0.2, 0.25) is 21.8 Å². The Balaban J connectivity index is 2.14. The van der Waals surface area contributed by atoms with Crippen molar-refractivity contribution in [1.29, 1.82) is 0 Å². The van der Waals surface area contributed by atoms with Crippen LogP contribution in [0.4, 0.5) is 5.69 Å². The minimum atomic E-state index is -3.51. The first-order valence-electron chi connectivity index (χ1n) is 10.0. The van der Waals surface area contributed by atoms with Crippen LogP contribution in [0, 0.1) is 0 Å². The van der Waals surface area contributed by atoms with Crippen molar-refractivity contribution in [2.45, 2.75) is 32.4 Å². The molecule has 1 atom stereocenters. The SMILES string of the molecule is CNC(=O)C(C)N(Cc1ccc(Cl)c(Cl)c1)C(=O)CCCN(c1ccccc1)S(C)(=O)=O. The van der Waals surface area contributed by atoms with Gasteiger partial charge in [0, 0.05) is 26.6 Å². The summed E-state index contributed by atoms with van der Waals surface area (Å²) in [6.07, 6.45) is 1.49. The van der Waals surface area contributed by atoms with Crippen LogP contribution in [0.1, 0.15) is 25.3 Å². The topological polar surface area (TPSA) is 86.8 Å². The number of hydrogen-bond acceptors (Lipinski definition) is 4. The summed E-state index contributed by atoms with van der Waals surface area (Å²) in [7, 11) is -2.01. The van der Waals surface area contributed by atoms with E-state index in [-0.39, 0.29) is 31.3 Å². The Hall–Kier alpha value is -2.29. The number of nitrogens with zero attached hydrogens (tertiary/aromatic N) is 2. The molecule has 0 radical (unpaired) electrons. The smallest absolute Gasteiger partial charge is 0.242 e. The number of hydrogen-bond donors (Lipinski definition) is 1. The zero-order valence-corrected chi connectivity index (χ0v) is 20.5. The Morgan fingerprint density at radius 2 is 1.72 bits per heavy atom. The Morgan fingerprint density at radius 1 is 1.06 bits per heavy atom. The summed E-state index contributed by atoms with van der Waals surface area (Å²) in [5.41, 5.74) is 1.26. The average molecular weight is 500 g/mol. The van der Waals surface area contributed by atoms with Crippen LogP contribution in [0.15, 0.2) is 48.5 Å². The molecule has 174 valence electrons. The molecule has 0 bridgehead atoms. The summed E-state index contributed by atoms with van der Waals surface area (Å²) >= 11 is 12.1. The zero-order chi connectivity index (χ0) is 23.9. The Bertz CT molecular complexity index is 1050. The first-order chi connectivity index (χ1) is 15.0. The van der Waals surface area contributed by atoms with Crippen molar-refractivity contribution in [2.24, 2.45) is 0 Å². The van der Waals surface area contributed by atoms with Crippen molar-refractivity contribution in [3.63, 3.8) is 0 Å². The molecule has 0 fully saturated rings. The number of benzene rings is 2. The van der Waals surface area contributed by atoms with Gasteiger partial charge in [0.25, 0.3) is 0 Å². The standard InChI is InChI=1S/C22H27Cl2N3O4S/c1-16(22(29)25-2)26(15-17-11-12-19(23)20(24)14-17)21(28)10-7-13-27(32(3,30)31)18-8-5-4-6-9-18/h4-6,8-9,11-12,14,16H,7,10,13,15H2,1-3H3,(H,25,29). The highest BCUT2D eigenvalue weighted by molar-refractivity contribution is 7.92. The van der Waals surface area contributed by atoms with Gasteiger partial charge in [-0.15, -0.1) is 0 Å². The molecule has 2 amide bonds. The third-order valence-corrected chi connectivity index (χ3v) is 6.88. The molecule has 0 aliphatic rings. The minimum absolute atomic E-state index is 0.0709. The summed E-state index contributed by atoms with van der Waals surface area (Å²) in [5.74, 6) is -0.575. The number of likely N-dealkylation sites (N-methyl/N-ethyl adjacent to an activating group) is 1. The fourth-order valence-corrected chi connectivity index (χ4v) is 4.51. The van der Waals surface area contributed by atoms with E-state index in [4.69, 9.17) is 23.2 Å². The van der Waals surface area contributed by atoms with Crippen LogP contribution in [0.3, 0.4) is 0 Å². The minimum Gasteiger partial charge on any atom is -0.357 e. The quantitative estimate of drug-likeness (QED) is 0.539. The molecule has 0 aliphatic heterocycles. The normalized spacial score (nSPS) is 12.2. The zero-order valence-electron chi connectivity index (χ0n) is 18.2. The fourth-order valence-electron chi connectivity index (χ4n) is 3.22. The predicted molar refractivity (Wildman–Crippen MR) is 128 cm³/mol. The monoisotopic (exact) mass is 499 g/mol. The van der Waals surface area contributed by atoms with E-state index in [2.05, 4.69) is 5.32 Å². The van der Waals surface area contributed by atoms with E-state index >= 15 is 0 Å². The second kappa shape index (κ2) is 11.5. The van der Waals surface area contributed by atoms with Crippen molar-refractivity contribution in [3.8, 4) is 0 Å². The molecule has 0 aromatic heterocycles. The first-order valence-corrected chi connectivity index (χ1v) is 12.6. The first kappa shape index (κ1) is 26.0. The van der Waals surface area contributed by atoms with Crippen LogP contribution >= 0.6 is 23.2 Å². The molecule has 2 aromatic carbocycles. The van der Waals surface area contributed by atoms with E-state index in [0.717, 1.165) is 11.8 Å². The maximum atomic E-state index is 13.0. The molecule has 1 unspecified atom stereocenters. The van der Waals surface area contributed by atoms with Crippen molar-refractivity contribution < 1.29 is 18.0 Å². The van der Waals surface area contributed by atoms with Crippen LogP contribution in [0.5, 0.6) is 0 Å². The van der Waals surface area contributed by atoms with Crippen LogP contribution in [-0.4, -0.2) is 51.0 Å². The molecule has 10 heteroatoms. The van der Waals surface area contributed by atoms with Gasteiger partial charge < -0.3 is 10.2 Å². The number of para-hydroxylation sites is 1. The third-order valence-electron chi connectivity index (χ3n) is 4.95. The number of rotatable bonds is 10. The number of sulfonamides is 1. The number of anilines is 1. The molecule has 0 saturated heterocycles. The lowest BCUT2D eigenvalue weighted by molar-refractivity contribution is -0.140. The van der Waals surface area contributed by atoms with Gasteiger partial charge in [-0.05, 0) is 43.2 Å². The van der Waals surface area contributed by atoms with Crippen molar-refractivity contribution >= 4 is 50.7 Å². The lowest BCUT2D eigenvalue weighted by Crippen LogP contribution is -2.46. The predicted octanol–water partition coefficient (Wildman–Crippen LogP) is 3.70. The van der Waals surface area contributed by atoms with Gasteiger partial charge in [0.1, 0.15) is 6.04 Å². The average Bonchev–Trinajstić information content (AvgIpc) is 2.75. The largest absolute Gasteiger partial charge is 0.357 e. The molecule has 0 spiro atoms. The molecular weight excluding hydrogens is 473 g/mol. The van der Waals surface area contributed by atoms with Crippen molar-refractivity contribution in [3.05, 3.63) is 64.1 Å². The Morgan fingerprint density at radius 3 is 2.28 bits per heavy atom. The molecule has 0 heterocycles. The lowest BCUT2D eigenvalue weighted by Gasteiger charge is -2.29. The van der Waals surface area contributed by atoms with Crippen LogP contribution < -0.4 is 9.62 Å². The van der Waals surface area contributed by atoms with E-state index in [1.54, 1.807) is 55.5 Å². The van der Waals surface area contributed by atoms with Gasteiger partial charge in [-0.2, -0.15) is 0 Å². The van der Waals surface area contributed by atoms with Gasteiger partial charge in [0.05, 0.1) is 22.0 Å². The van der Waals surface area contributed by atoms with Gasteiger partial charge in [-0.3, -0.25) is 13.9 Å². The number of carbonyl (C=O) groups excluding carboxylic acids is 2. The fraction of sp³-hybridized carbons (Fsp3) is 0.364. The highest BCUT2D eigenvalue weighted by atomic mass is 35.5.